The van der Waals surface area contributed by atoms with Crippen LogP contribution in [0.4, 0.5) is 0 Å². The lowest BCUT2D eigenvalue weighted by molar-refractivity contribution is -0.128. The van der Waals surface area contributed by atoms with Gasteiger partial charge in [-0.1, -0.05) is 90.6 Å². The van der Waals surface area contributed by atoms with Gasteiger partial charge in [-0.3, -0.25) is 9.36 Å². The lowest BCUT2D eigenvalue weighted by atomic mass is 10.1. The topological polar surface area (TPSA) is 51.0 Å². The molecular weight excluding hydrogens is 416 g/mol. The molecular formula is C26H26N4OS. The van der Waals surface area contributed by atoms with Crippen molar-refractivity contribution < 1.29 is 4.79 Å². The van der Waals surface area contributed by atoms with Gasteiger partial charge in [-0.05, 0) is 36.6 Å². The minimum atomic E-state index is 0.0926. The van der Waals surface area contributed by atoms with Crippen molar-refractivity contribution in [2.75, 3.05) is 12.3 Å². The van der Waals surface area contributed by atoms with Gasteiger partial charge in [0.1, 0.15) is 5.82 Å². The molecule has 0 saturated heterocycles. The number of hydrogen-bond donors (Lipinski definition) is 0. The van der Waals surface area contributed by atoms with E-state index in [4.69, 9.17) is 0 Å². The second kappa shape index (κ2) is 10.8. The van der Waals surface area contributed by atoms with Crippen LogP contribution in [0.25, 0.3) is 5.69 Å². The summed E-state index contributed by atoms with van der Waals surface area (Å²) in [5, 5.41) is 9.26. The third-order valence-corrected chi connectivity index (χ3v) is 6.13. The van der Waals surface area contributed by atoms with Gasteiger partial charge in [0.15, 0.2) is 5.16 Å². The molecule has 0 fully saturated rings. The number of carbonyl (C=O) groups is 1. The van der Waals surface area contributed by atoms with Crippen LogP contribution in [0.1, 0.15) is 17.0 Å². The summed E-state index contributed by atoms with van der Waals surface area (Å²) in [6.07, 6.45) is 0.823. The highest BCUT2D eigenvalue weighted by Gasteiger charge is 2.18. The highest BCUT2D eigenvalue weighted by atomic mass is 32.2. The monoisotopic (exact) mass is 442 g/mol. The molecule has 1 aromatic heterocycles. The van der Waals surface area contributed by atoms with Crippen molar-refractivity contribution in [3.63, 3.8) is 0 Å². The van der Waals surface area contributed by atoms with Gasteiger partial charge in [-0.2, -0.15) is 0 Å². The highest BCUT2D eigenvalue weighted by Crippen LogP contribution is 2.22. The maximum Gasteiger partial charge on any atom is 0.233 e. The van der Waals surface area contributed by atoms with E-state index in [2.05, 4.69) is 34.5 Å². The van der Waals surface area contributed by atoms with Crippen LogP contribution in [-0.4, -0.2) is 37.9 Å². The number of para-hydroxylation sites is 1. The number of carbonyl (C=O) groups excluding carboxylic acids is 1. The summed E-state index contributed by atoms with van der Waals surface area (Å²) in [6.45, 7) is 3.19. The Labute approximate surface area is 193 Å². The SMILES string of the molecule is Cc1nnc(SCC(=O)N(CCc2ccccc2)Cc2ccccc2)n1-c1ccccc1. The average molecular weight is 443 g/mol. The van der Waals surface area contributed by atoms with Gasteiger partial charge >= 0.3 is 0 Å². The average Bonchev–Trinajstić information content (AvgIpc) is 3.22. The summed E-state index contributed by atoms with van der Waals surface area (Å²) in [6, 6.07) is 30.4. The first-order valence-electron chi connectivity index (χ1n) is 10.7. The molecule has 0 aliphatic heterocycles. The van der Waals surface area contributed by atoms with Gasteiger partial charge in [0.2, 0.25) is 5.91 Å². The Hall–Kier alpha value is -3.38. The van der Waals surface area contributed by atoms with Gasteiger partial charge in [0.25, 0.3) is 0 Å². The Balaban J connectivity index is 1.46. The molecule has 32 heavy (non-hydrogen) atoms. The van der Waals surface area contributed by atoms with Crippen LogP contribution in [0, 0.1) is 6.92 Å². The maximum absolute atomic E-state index is 13.2. The summed E-state index contributed by atoms with van der Waals surface area (Å²) >= 11 is 1.43. The van der Waals surface area contributed by atoms with E-state index in [1.165, 1.54) is 17.3 Å². The highest BCUT2D eigenvalue weighted by molar-refractivity contribution is 7.99. The molecule has 4 aromatic rings. The Morgan fingerprint density at radius 3 is 2.09 bits per heavy atom. The smallest absolute Gasteiger partial charge is 0.233 e. The fourth-order valence-electron chi connectivity index (χ4n) is 3.53. The van der Waals surface area contributed by atoms with Crippen molar-refractivity contribution in [1.29, 1.82) is 0 Å². The Morgan fingerprint density at radius 2 is 1.44 bits per heavy atom. The molecule has 0 atom stereocenters. The Morgan fingerprint density at radius 1 is 0.844 bits per heavy atom. The predicted molar refractivity (Wildman–Crippen MR) is 129 cm³/mol. The van der Waals surface area contributed by atoms with Crippen LogP contribution in [0.15, 0.2) is 96.2 Å². The summed E-state index contributed by atoms with van der Waals surface area (Å²) in [4.78, 5) is 15.2. The fraction of sp³-hybridized carbons (Fsp3) is 0.192. The first kappa shape index (κ1) is 21.8. The lowest BCUT2D eigenvalue weighted by Gasteiger charge is -2.23. The molecule has 0 bridgehead atoms. The zero-order chi connectivity index (χ0) is 22.2. The Bertz CT molecular complexity index is 1130. The summed E-state index contributed by atoms with van der Waals surface area (Å²) in [5.74, 6) is 1.21. The zero-order valence-electron chi connectivity index (χ0n) is 18.1. The van der Waals surface area contributed by atoms with E-state index in [9.17, 15) is 4.79 Å². The molecule has 0 radical (unpaired) electrons. The molecule has 3 aromatic carbocycles. The second-order valence-corrected chi connectivity index (χ2v) is 8.47. The van der Waals surface area contributed by atoms with Gasteiger partial charge < -0.3 is 4.90 Å². The van der Waals surface area contributed by atoms with E-state index in [-0.39, 0.29) is 5.91 Å². The van der Waals surface area contributed by atoms with E-state index in [1.807, 2.05) is 83.1 Å². The van der Waals surface area contributed by atoms with Gasteiger partial charge in [-0.25, -0.2) is 0 Å². The maximum atomic E-state index is 13.2. The number of hydrogen-bond acceptors (Lipinski definition) is 4. The van der Waals surface area contributed by atoms with Crippen molar-refractivity contribution in [3.05, 3.63) is 108 Å². The quantitative estimate of drug-likeness (QED) is 0.345. The summed E-state index contributed by atoms with van der Waals surface area (Å²) < 4.78 is 1.99. The molecule has 1 heterocycles. The van der Waals surface area contributed by atoms with Gasteiger partial charge in [-0.15, -0.1) is 10.2 Å². The van der Waals surface area contributed by atoms with Crippen LogP contribution in [0.2, 0.25) is 0 Å². The molecule has 0 aliphatic carbocycles. The Kier molecular flexibility index (Phi) is 7.35. The summed E-state index contributed by atoms with van der Waals surface area (Å²) in [5.41, 5.74) is 3.35. The normalized spacial score (nSPS) is 10.8. The van der Waals surface area contributed by atoms with Crippen molar-refractivity contribution >= 4 is 17.7 Å². The minimum Gasteiger partial charge on any atom is -0.337 e. The first-order chi connectivity index (χ1) is 15.7. The standard InChI is InChI=1S/C26H26N4OS/c1-21-27-28-26(30(21)24-15-9-4-10-16-24)32-20-25(31)29(19-23-13-7-3-8-14-23)18-17-22-11-5-2-6-12-22/h2-16H,17-20H2,1H3. The molecule has 1 amide bonds. The van der Waals surface area contributed by atoms with E-state index < -0.39 is 0 Å². The van der Waals surface area contributed by atoms with E-state index in [1.54, 1.807) is 0 Å². The third kappa shape index (κ3) is 5.65. The number of nitrogens with zero attached hydrogens (tertiary/aromatic N) is 4. The molecule has 6 heteroatoms. The lowest BCUT2D eigenvalue weighted by Crippen LogP contribution is -2.34. The largest absolute Gasteiger partial charge is 0.337 e. The molecule has 0 unspecified atom stereocenters. The van der Waals surface area contributed by atoms with E-state index in [0.29, 0.717) is 18.8 Å². The predicted octanol–water partition coefficient (Wildman–Crippen LogP) is 4.94. The summed E-state index contributed by atoms with van der Waals surface area (Å²) in [7, 11) is 0. The second-order valence-electron chi connectivity index (χ2n) is 7.53. The van der Waals surface area contributed by atoms with Crippen LogP contribution in [0.5, 0.6) is 0 Å². The fourth-order valence-corrected chi connectivity index (χ4v) is 4.43. The number of rotatable bonds is 9. The molecule has 0 spiro atoms. The first-order valence-corrected chi connectivity index (χ1v) is 11.6. The number of amides is 1. The van der Waals surface area contributed by atoms with Crippen molar-refractivity contribution in [1.82, 2.24) is 19.7 Å². The van der Waals surface area contributed by atoms with Gasteiger partial charge in [0, 0.05) is 18.8 Å². The molecule has 5 nitrogen and oxygen atoms in total. The molecule has 0 saturated carbocycles. The van der Waals surface area contributed by atoms with Crippen LogP contribution >= 0.6 is 11.8 Å². The molecule has 162 valence electrons. The molecule has 0 N–H and O–H groups in total. The number of benzene rings is 3. The number of thioether (sulfide) groups is 1. The van der Waals surface area contributed by atoms with E-state index >= 15 is 0 Å². The number of aryl methyl sites for hydroxylation is 1. The van der Waals surface area contributed by atoms with Crippen LogP contribution < -0.4 is 0 Å². The van der Waals surface area contributed by atoms with Crippen molar-refractivity contribution in [3.8, 4) is 5.69 Å². The van der Waals surface area contributed by atoms with Gasteiger partial charge in [0.05, 0.1) is 5.75 Å². The number of aromatic nitrogens is 3. The molecule has 0 aliphatic rings. The zero-order valence-corrected chi connectivity index (χ0v) is 18.9. The van der Waals surface area contributed by atoms with Crippen molar-refractivity contribution in [2.24, 2.45) is 0 Å². The van der Waals surface area contributed by atoms with Crippen LogP contribution in [0.3, 0.4) is 0 Å². The van der Waals surface area contributed by atoms with E-state index in [0.717, 1.165) is 28.7 Å². The minimum absolute atomic E-state index is 0.0926. The molecule has 4 rings (SSSR count). The third-order valence-electron chi connectivity index (χ3n) is 5.22. The van der Waals surface area contributed by atoms with Crippen molar-refractivity contribution in [2.45, 2.75) is 25.0 Å². The van der Waals surface area contributed by atoms with Crippen LogP contribution in [-0.2, 0) is 17.8 Å².